The molecule has 2 atom stereocenters. The lowest BCUT2D eigenvalue weighted by Gasteiger charge is -2.31. The predicted molar refractivity (Wildman–Crippen MR) is 72.2 cm³/mol. The Hall–Kier alpha value is -0.280. The molecule has 2 N–H and O–H groups in total. The molecule has 0 spiro atoms. The van der Waals surface area contributed by atoms with Crippen LogP contribution in [0.2, 0.25) is 0 Å². The largest absolute Gasteiger partial charge is 0.342 e. The van der Waals surface area contributed by atoms with Crippen molar-refractivity contribution in [2.45, 2.75) is 51.5 Å². The second-order valence-electron chi connectivity index (χ2n) is 5.44. The second-order valence-corrected chi connectivity index (χ2v) is 5.44. The van der Waals surface area contributed by atoms with Gasteiger partial charge in [-0.2, -0.15) is 0 Å². The highest BCUT2D eigenvalue weighted by Crippen LogP contribution is 2.31. The van der Waals surface area contributed by atoms with Crippen LogP contribution in [0.4, 0.5) is 0 Å². The van der Waals surface area contributed by atoms with Gasteiger partial charge in [-0.3, -0.25) is 4.79 Å². The van der Waals surface area contributed by atoms with Crippen molar-refractivity contribution in [3.8, 4) is 0 Å². The minimum absolute atomic E-state index is 0. The number of carbonyl (C=O) groups excluding carboxylic acids is 1. The first-order valence-corrected chi connectivity index (χ1v) is 6.75. The molecule has 3 nitrogen and oxygen atoms in total. The van der Waals surface area contributed by atoms with E-state index in [0.29, 0.717) is 5.91 Å². The van der Waals surface area contributed by atoms with Crippen LogP contribution in [-0.4, -0.2) is 29.9 Å². The Bertz CT molecular complexity index is 250. The van der Waals surface area contributed by atoms with Crippen LogP contribution in [0.1, 0.15) is 45.4 Å². The van der Waals surface area contributed by atoms with Crippen LogP contribution in [0.25, 0.3) is 0 Å². The van der Waals surface area contributed by atoms with Gasteiger partial charge in [-0.25, -0.2) is 0 Å². The molecule has 1 amide bonds. The molecule has 2 saturated carbocycles. The van der Waals surface area contributed by atoms with Gasteiger partial charge in [0.15, 0.2) is 0 Å². The van der Waals surface area contributed by atoms with Crippen molar-refractivity contribution in [2.24, 2.45) is 17.6 Å². The number of amides is 1. The maximum atomic E-state index is 12.3. The van der Waals surface area contributed by atoms with Gasteiger partial charge < -0.3 is 10.6 Å². The lowest BCUT2D eigenvalue weighted by molar-refractivity contribution is -0.136. The van der Waals surface area contributed by atoms with Gasteiger partial charge in [0.25, 0.3) is 0 Å². The molecule has 2 fully saturated rings. The highest BCUT2D eigenvalue weighted by molar-refractivity contribution is 5.85. The topological polar surface area (TPSA) is 46.3 Å². The molecule has 4 heteroatoms. The summed E-state index contributed by atoms with van der Waals surface area (Å²) in [6.45, 7) is 3.94. The van der Waals surface area contributed by atoms with Crippen molar-refractivity contribution >= 4 is 18.3 Å². The third kappa shape index (κ3) is 4.14. The van der Waals surface area contributed by atoms with Crippen LogP contribution in [0.15, 0.2) is 0 Å². The quantitative estimate of drug-likeness (QED) is 0.842. The van der Waals surface area contributed by atoms with E-state index in [4.69, 9.17) is 5.73 Å². The zero-order valence-corrected chi connectivity index (χ0v) is 11.5. The van der Waals surface area contributed by atoms with Gasteiger partial charge >= 0.3 is 0 Å². The van der Waals surface area contributed by atoms with E-state index in [2.05, 4.69) is 11.8 Å². The van der Waals surface area contributed by atoms with E-state index in [0.717, 1.165) is 44.7 Å². The molecule has 0 saturated heterocycles. The van der Waals surface area contributed by atoms with Crippen molar-refractivity contribution in [1.82, 2.24) is 4.90 Å². The third-order valence-electron chi connectivity index (χ3n) is 3.93. The molecule has 0 aromatic carbocycles. The lowest BCUT2D eigenvalue weighted by Crippen LogP contribution is -2.41. The number of nitrogens with zero attached hydrogens (tertiary/aromatic N) is 1. The average molecular weight is 261 g/mol. The molecule has 100 valence electrons. The fourth-order valence-corrected chi connectivity index (χ4v) is 2.70. The highest BCUT2D eigenvalue weighted by Gasteiger charge is 2.31. The van der Waals surface area contributed by atoms with Crippen LogP contribution in [0.5, 0.6) is 0 Å². The summed E-state index contributed by atoms with van der Waals surface area (Å²) in [4.78, 5) is 14.4. The van der Waals surface area contributed by atoms with E-state index < -0.39 is 0 Å². The molecule has 2 unspecified atom stereocenters. The Morgan fingerprint density at radius 1 is 1.29 bits per heavy atom. The minimum atomic E-state index is 0. The van der Waals surface area contributed by atoms with Crippen LogP contribution in [0, 0.1) is 11.8 Å². The summed E-state index contributed by atoms with van der Waals surface area (Å²) in [6.07, 6.45) is 6.80. The van der Waals surface area contributed by atoms with Gasteiger partial charge in [0.1, 0.15) is 0 Å². The first kappa shape index (κ1) is 14.8. The smallest absolute Gasteiger partial charge is 0.225 e. The number of hydrogen-bond acceptors (Lipinski definition) is 2. The average Bonchev–Trinajstić information content (AvgIpc) is 3.09. The first-order valence-electron chi connectivity index (χ1n) is 6.75. The van der Waals surface area contributed by atoms with Gasteiger partial charge in [-0.15, -0.1) is 12.4 Å². The standard InChI is InChI=1S/C13H24N2O.ClH/c1-2-15(9-10-6-7-10)13(16)11-4-3-5-12(14)8-11;/h10-12H,2-9,14H2,1H3;1H. The molecule has 0 bridgehead atoms. The van der Waals surface area contributed by atoms with Gasteiger partial charge in [-0.05, 0) is 44.9 Å². The SMILES string of the molecule is CCN(CC1CC1)C(=O)C1CCCC(N)C1.Cl. The summed E-state index contributed by atoms with van der Waals surface area (Å²) in [5.41, 5.74) is 5.95. The van der Waals surface area contributed by atoms with E-state index in [-0.39, 0.29) is 24.4 Å². The van der Waals surface area contributed by atoms with Gasteiger partial charge in [0, 0.05) is 25.0 Å². The molecule has 2 aliphatic rings. The lowest BCUT2D eigenvalue weighted by atomic mass is 9.85. The zero-order chi connectivity index (χ0) is 11.5. The molecule has 17 heavy (non-hydrogen) atoms. The first-order chi connectivity index (χ1) is 7.70. The number of nitrogens with two attached hydrogens (primary N) is 1. The molecular formula is C13H25ClN2O. The predicted octanol–water partition coefficient (Wildman–Crippen LogP) is 2.18. The molecular weight excluding hydrogens is 236 g/mol. The van der Waals surface area contributed by atoms with Crippen molar-refractivity contribution in [3.05, 3.63) is 0 Å². The molecule has 0 radical (unpaired) electrons. The van der Waals surface area contributed by atoms with E-state index in [9.17, 15) is 4.79 Å². The van der Waals surface area contributed by atoms with E-state index in [1.165, 1.54) is 12.8 Å². The monoisotopic (exact) mass is 260 g/mol. The van der Waals surface area contributed by atoms with Crippen LogP contribution in [-0.2, 0) is 4.79 Å². The number of halogens is 1. The van der Waals surface area contributed by atoms with Gasteiger partial charge in [0.2, 0.25) is 5.91 Å². The number of hydrogen-bond donors (Lipinski definition) is 1. The zero-order valence-electron chi connectivity index (χ0n) is 10.7. The fraction of sp³-hybridized carbons (Fsp3) is 0.923. The maximum absolute atomic E-state index is 12.3. The molecule has 2 aliphatic carbocycles. The van der Waals surface area contributed by atoms with E-state index in [1.54, 1.807) is 0 Å². The summed E-state index contributed by atoms with van der Waals surface area (Å²) >= 11 is 0. The van der Waals surface area contributed by atoms with Gasteiger partial charge in [-0.1, -0.05) is 6.42 Å². The van der Waals surface area contributed by atoms with E-state index >= 15 is 0 Å². The van der Waals surface area contributed by atoms with Crippen LogP contribution < -0.4 is 5.73 Å². The summed E-state index contributed by atoms with van der Waals surface area (Å²) in [5, 5.41) is 0. The summed E-state index contributed by atoms with van der Waals surface area (Å²) < 4.78 is 0. The Balaban J connectivity index is 0.00000144. The molecule has 0 aliphatic heterocycles. The fourth-order valence-electron chi connectivity index (χ4n) is 2.70. The highest BCUT2D eigenvalue weighted by atomic mass is 35.5. The summed E-state index contributed by atoms with van der Waals surface area (Å²) in [6, 6.07) is 0.252. The molecule has 0 heterocycles. The van der Waals surface area contributed by atoms with Crippen molar-refractivity contribution < 1.29 is 4.79 Å². The van der Waals surface area contributed by atoms with E-state index in [1.807, 2.05) is 0 Å². The number of rotatable bonds is 4. The molecule has 0 aromatic heterocycles. The van der Waals surface area contributed by atoms with Crippen molar-refractivity contribution in [3.63, 3.8) is 0 Å². The Kier molecular flexibility index (Phi) is 5.74. The number of carbonyl (C=O) groups is 1. The normalized spacial score (nSPS) is 28.4. The summed E-state index contributed by atoms with van der Waals surface area (Å²) in [5.74, 6) is 1.37. The minimum Gasteiger partial charge on any atom is -0.342 e. The Labute approximate surface area is 111 Å². The van der Waals surface area contributed by atoms with Crippen LogP contribution in [0.3, 0.4) is 0 Å². The molecule has 2 rings (SSSR count). The summed E-state index contributed by atoms with van der Waals surface area (Å²) in [7, 11) is 0. The Morgan fingerprint density at radius 2 is 2.00 bits per heavy atom. The maximum Gasteiger partial charge on any atom is 0.225 e. The van der Waals surface area contributed by atoms with Gasteiger partial charge in [0.05, 0.1) is 0 Å². The van der Waals surface area contributed by atoms with Crippen molar-refractivity contribution in [2.75, 3.05) is 13.1 Å². The Morgan fingerprint density at radius 3 is 2.53 bits per heavy atom. The van der Waals surface area contributed by atoms with Crippen LogP contribution >= 0.6 is 12.4 Å². The third-order valence-corrected chi connectivity index (χ3v) is 3.93. The second kappa shape index (κ2) is 6.60. The molecule has 0 aromatic rings. The van der Waals surface area contributed by atoms with Crippen molar-refractivity contribution in [1.29, 1.82) is 0 Å².